The molecule has 4 rings (SSSR count). The molecule has 0 atom stereocenters. The summed E-state index contributed by atoms with van der Waals surface area (Å²) < 4.78 is 1.15. The standard InChI is InChI=1S/C23H19N3OS2/c1-14-7-3-4-8-17(14)21(27)26-23(28)25-19-13-16(12-11-15(19)2)22-24-18-9-5-6-10-20(18)29-22/h3-13H,1-2H3,(H2,25,26,27,28). The quantitative estimate of drug-likeness (QED) is 0.420. The van der Waals surface area contributed by atoms with Crippen molar-refractivity contribution in [2.75, 3.05) is 5.32 Å². The van der Waals surface area contributed by atoms with Crippen molar-refractivity contribution >= 4 is 50.5 Å². The van der Waals surface area contributed by atoms with E-state index in [0.717, 1.165) is 37.6 Å². The first-order valence-corrected chi connectivity index (χ1v) is 10.4. The van der Waals surface area contributed by atoms with Crippen LogP contribution in [0.15, 0.2) is 66.7 Å². The van der Waals surface area contributed by atoms with Gasteiger partial charge in [0.25, 0.3) is 5.91 Å². The summed E-state index contributed by atoms with van der Waals surface area (Å²) >= 11 is 7.02. The minimum atomic E-state index is -0.222. The summed E-state index contributed by atoms with van der Waals surface area (Å²) in [7, 11) is 0. The van der Waals surface area contributed by atoms with Gasteiger partial charge in [0.05, 0.1) is 10.2 Å². The number of benzene rings is 3. The van der Waals surface area contributed by atoms with Gasteiger partial charge < -0.3 is 5.32 Å². The number of thiocarbonyl (C=S) groups is 1. The van der Waals surface area contributed by atoms with Crippen molar-refractivity contribution in [2.45, 2.75) is 13.8 Å². The average Bonchev–Trinajstić information content (AvgIpc) is 3.14. The molecule has 0 fully saturated rings. The van der Waals surface area contributed by atoms with Crippen molar-refractivity contribution < 1.29 is 4.79 Å². The monoisotopic (exact) mass is 417 g/mol. The Morgan fingerprint density at radius 3 is 2.52 bits per heavy atom. The van der Waals surface area contributed by atoms with Gasteiger partial charge in [0.15, 0.2) is 5.11 Å². The number of aryl methyl sites for hydroxylation is 2. The lowest BCUT2D eigenvalue weighted by Crippen LogP contribution is -2.34. The second kappa shape index (κ2) is 8.11. The summed E-state index contributed by atoms with van der Waals surface area (Å²) in [6.45, 7) is 3.90. The predicted molar refractivity (Wildman–Crippen MR) is 125 cm³/mol. The van der Waals surface area contributed by atoms with Gasteiger partial charge in [-0.05, 0) is 61.5 Å². The molecule has 0 radical (unpaired) electrons. The van der Waals surface area contributed by atoms with E-state index in [1.807, 2.05) is 68.4 Å². The molecule has 0 saturated heterocycles. The first kappa shape index (κ1) is 19.2. The van der Waals surface area contributed by atoms with Crippen LogP contribution in [0.4, 0.5) is 5.69 Å². The summed E-state index contributed by atoms with van der Waals surface area (Å²) in [6, 6.07) is 21.6. The summed E-state index contributed by atoms with van der Waals surface area (Å²) in [4.78, 5) is 17.2. The van der Waals surface area contributed by atoms with Crippen LogP contribution in [-0.4, -0.2) is 16.0 Å². The molecule has 3 aromatic carbocycles. The molecule has 0 aliphatic rings. The number of carbonyl (C=O) groups excluding carboxylic acids is 1. The van der Waals surface area contributed by atoms with E-state index < -0.39 is 0 Å². The van der Waals surface area contributed by atoms with E-state index in [9.17, 15) is 4.79 Å². The molecule has 1 aromatic heterocycles. The van der Waals surface area contributed by atoms with E-state index in [-0.39, 0.29) is 11.0 Å². The molecule has 0 aliphatic carbocycles. The third kappa shape index (κ3) is 4.18. The number of nitrogens with zero attached hydrogens (tertiary/aromatic N) is 1. The van der Waals surface area contributed by atoms with Crippen molar-refractivity contribution in [3.8, 4) is 10.6 Å². The van der Waals surface area contributed by atoms with Gasteiger partial charge in [-0.1, -0.05) is 42.5 Å². The lowest BCUT2D eigenvalue weighted by molar-refractivity contribution is 0.0977. The molecule has 1 heterocycles. The Balaban J connectivity index is 1.54. The Hall–Kier alpha value is -3.09. The molecule has 0 saturated carbocycles. The molecule has 144 valence electrons. The second-order valence-corrected chi connectivity index (χ2v) is 8.18. The molecule has 0 unspecified atom stereocenters. The maximum absolute atomic E-state index is 12.5. The van der Waals surface area contributed by atoms with Gasteiger partial charge in [-0.25, -0.2) is 4.98 Å². The molecule has 29 heavy (non-hydrogen) atoms. The third-order valence-electron chi connectivity index (χ3n) is 4.64. The molecular weight excluding hydrogens is 398 g/mol. The Labute approximate surface area is 178 Å². The van der Waals surface area contributed by atoms with E-state index in [1.165, 1.54) is 0 Å². The molecule has 0 spiro atoms. The van der Waals surface area contributed by atoms with Crippen molar-refractivity contribution in [1.82, 2.24) is 10.3 Å². The van der Waals surface area contributed by atoms with Crippen LogP contribution < -0.4 is 10.6 Å². The van der Waals surface area contributed by atoms with Gasteiger partial charge in [-0.15, -0.1) is 11.3 Å². The van der Waals surface area contributed by atoms with Gasteiger partial charge in [0.2, 0.25) is 0 Å². The predicted octanol–water partition coefficient (Wildman–Crippen LogP) is 5.71. The first-order chi connectivity index (χ1) is 14.0. The van der Waals surface area contributed by atoms with Crippen molar-refractivity contribution in [2.24, 2.45) is 0 Å². The third-order valence-corrected chi connectivity index (χ3v) is 5.93. The highest BCUT2D eigenvalue weighted by molar-refractivity contribution is 7.80. The first-order valence-electron chi connectivity index (χ1n) is 9.16. The molecular formula is C23H19N3OS2. The van der Waals surface area contributed by atoms with Crippen LogP contribution in [0, 0.1) is 13.8 Å². The Morgan fingerprint density at radius 2 is 1.72 bits per heavy atom. The number of anilines is 1. The van der Waals surface area contributed by atoms with Crippen molar-refractivity contribution in [3.05, 3.63) is 83.4 Å². The van der Waals surface area contributed by atoms with Crippen LogP contribution in [0.1, 0.15) is 21.5 Å². The number of carbonyl (C=O) groups is 1. The SMILES string of the molecule is Cc1ccc(-c2nc3ccccc3s2)cc1NC(=S)NC(=O)c1ccccc1C. The summed E-state index contributed by atoms with van der Waals surface area (Å²) in [5.74, 6) is -0.222. The van der Waals surface area contributed by atoms with E-state index >= 15 is 0 Å². The number of hydrogen-bond donors (Lipinski definition) is 2. The number of aromatic nitrogens is 1. The molecule has 1 amide bonds. The van der Waals surface area contributed by atoms with Gasteiger partial charge in [0.1, 0.15) is 5.01 Å². The van der Waals surface area contributed by atoms with Crippen LogP contribution in [0.2, 0.25) is 0 Å². The minimum absolute atomic E-state index is 0.222. The zero-order chi connectivity index (χ0) is 20.4. The Bertz CT molecular complexity index is 1200. The van der Waals surface area contributed by atoms with Crippen molar-refractivity contribution in [3.63, 3.8) is 0 Å². The van der Waals surface area contributed by atoms with E-state index in [1.54, 1.807) is 17.4 Å². The number of fused-ring (bicyclic) bond motifs is 1. The zero-order valence-electron chi connectivity index (χ0n) is 16.0. The number of rotatable bonds is 3. The van der Waals surface area contributed by atoms with Crippen LogP contribution in [-0.2, 0) is 0 Å². The fourth-order valence-electron chi connectivity index (χ4n) is 3.04. The molecule has 2 N–H and O–H groups in total. The highest BCUT2D eigenvalue weighted by atomic mass is 32.1. The highest BCUT2D eigenvalue weighted by Gasteiger charge is 2.12. The maximum atomic E-state index is 12.5. The van der Waals surface area contributed by atoms with Crippen LogP contribution in [0.3, 0.4) is 0 Å². The summed E-state index contributed by atoms with van der Waals surface area (Å²) in [5.41, 5.74) is 5.38. The van der Waals surface area contributed by atoms with E-state index in [4.69, 9.17) is 17.2 Å². The number of thiazole rings is 1. The van der Waals surface area contributed by atoms with Crippen LogP contribution >= 0.6 is 23.6 Å². The minimum Gasteiger partial charge on any atom is -0.332 e. The van der Waals surface area contributed by atoms with Crippen LogP contribution in [0.25, 0.3) is 20.8 Å². The molecule has 4 aromatic rings. The summed E-state index contributed by atoms with van der Waals surface area (Å²) in [5, 5.41) is 7.13. The molecule has 4 nitrogen and oxygen atoms in total. The maximum Gasteiger partial charge on any atom is 0.257 e. The van der Waals surface area contributed by atoms with Gasteiger partial charge >= 0.3 is 0 Å². The number of hydrogen-bond acceptors (Lipinski definition) is 4. The Kier molecular flexibility index (Phi) is 5.38. The smallest absolute Gasteiger partial charge is 0.257 e. The van der Waals surface area contributed by atoms with Gasteiger partial charge in [-0.2, -0.15) is 0 Å². The number of nitrogens with one attached hydrogen (secondary N) is 2. The molecule has 0 aliphatic heterocycles. The second-order valence-electron chi connectivity index (χ2n) is 6.74. The molecule has 6 heteroatoms. The topological polar surface area (TPSA) is 54.0 Å². The lowest BCUT2D eigenvalue weighted by Gasteiger charge is -2.13. The number of amides is 1. The summed E-state index contributed by atoms with van der Waals surface area (Å²) in [6.07, 6.45) is 0. The van der Waals surface area contributed by atoms with Crippen molar-refractivity contribution in [1.29, 1.82) is 0 Å². The van der Waals surface area contributed by atoms with Gasteiger partial charge in [0, 0.05) is 16.8 Å². The Morgan fingerprint density at radius 1 is 0.966 bits per heavy atom. The largest absolute Gasteiger partial charge is 0.332 e. The molecule has 0 bridgehead atoms. The van der Waals surface area contributed by atoms with Crippen LogP contribution in [0.5, 0.6) is 0 Å². The zero-order valence-corrected chi connectivity index (χ0v) is 17.7. The lowest BCUT2D eigenvalue weighted by atomic mass is 10.1. The fourth-order valence-corrected chi connectivity index (χ4v) is 4.20. The fraction of sp³-hybridized carbons (Fsp3) is 0.0870. The normalized spacial score (nSPS) is 10.7. The van der Waals surface area contributed by atoms with E-state index in [2.05, 4.69) is 16.7 Å². The average molecular weight is 418 g/mol. The van der Waals surface area contributed by atoms with E-state index in [0.29, 0.717) is 5.56 Å². The van der Waals surface area contributed by atoms with Gasteiger partial charge in [-0.3, -0.25) is 10.1 Å². The highest BCUT2D eigenvalue weighted by Crippen LogP contribution is 2.32. The number of para-hydroxylation sites is 1.